The van der Waals surface area contributed by atoms with Gasteiger partial charge in [-0.1, -0.05) is 6.92 Å². The fourth-order valence-electron chi connectivity index (χ4n) is 1.15. The maximum atomic E-state index is 11.3. The van der Waals surface area contributed by atoms with Crippen LogP contribution in [0, 0.1) is 0 Å². The Hall–Kier alpha value is -1.40. The zero-order valence-electron chi connectivity index (χ0n) is 9.15. The molecule has 0 spiro atoms. The zero-order valence-corrected chi connectivity index (χ0v) is 9.97. The molecule has 0 unspecified atom stereocenters. The highest BCUT2D eigenvalue weighted by atomic mass is 32.2. The van der Waals surface area contributed by atoms with Crippen molar-refractivity contribution in [2.24, 2.45) is 0 Å². The Morgan fingerprint density at radius 3 is 2.25 bits per heavy atom. The maximum Gasteiger partial charge on any atom is 0.299 e. The number of rotatable bonds is 5. The summed E-state index contributed by atoms with van der Waals surface area (Å²) >= 11 is 0. The molecule has 0 aromatic heterocycles. The lowest BCUT2D eigenvalue weighted by Gasteiger charge is -2.07. The summed E-state index contributed by atoms with van der Waals surface area (Å²) in [4.78, 5) is 11.0. The smallest absolute Gasteiger partial charge is 0.295 e. The van der Waals surface area contributed by atoms with Crippen molar-refractivity contribution < 1.29 is 13.2 Å². The predicted octanol–water partition coefficient (Wildman–Crippen LogP) is 1.16. The van der Waals surface area contributed by atoms with Gasteiger partial charge in [-0.2, -0.15) is 13.1 Å². The van der Waals surface area contributed by atoms with E-state index < -0.39 is 10.2 Å². The quantitative estimate of drug-likeness (QED) is 0.761. The number of nitrogens with one attached hydrogen (secondary N) is 2. The fraction of sp³-hybridized carbons (Fsp3) is 0.300. The Kier molecular flexibility index (Phi) is 4.03. The Labute approximate surface area is 95.0 Å². The van der Waals surface area contributed by atoms with Crippen LogP contribution in [0.1, 0.15) is 24.2 Å². The Balaban J connectivity index is 2.80. The molecule has 0 amide bonds. The number of hydrogen-bond donors (Lipinski definition) is 2. The van der Waals surface area contributed by atoms with Gasteiger partial charge in [0.15, 0.2) is 5.78 Å². The van der Waals surface area contributed by atoms with Crippen LogP contribution in [-0.2, 0) is 10.2 Å². The van der Waals surface area contributed by atoms with Gasteiger partial charge in [-0.3, -0.25) is 9.52 Å². The van der Waals surface area contributed by atoms with Crippen LogP contribution in [0.4, 0.5) is 5.69 Å². The van der Waals surface area contributed by atoms with Crippen molar-refractivity contribution in [3.8, 4) is 0 Å². The molecule has 16 heavy (non-hydrogen) atoms. The highest BCUT2D eigenvalue weighted by Gasteiger charge is 2.07. The first kappa shape index (κ1) is 12.7. The van der Waals surface area contributed by atoms with Crippen molar-refractivity contribution in [1.82, 2.24) is 4.72 Å². The van der Waals surface area contributed by atoms with Crippen LogP contribution in [0.2, 0.25) is 0 Å². The highest BCUT2D eigenvalue weighted by molar-refractivity contribution is 7.90. The van der Waals surface area contributed by atoms with Crippen molar-refractivity contribution in [3.63, 3.8) is 0 Å². The third kappa shape index (κ3) is 3.63. The Morgan fingerprint density at radius 1 is 1.25 bits per heavy atom. The van der Waals surface area contributed by atoms with Gasteiger partial charge in [-0.05, 0) is 31.2 Å². The molecule has 0 heterocycles. The molecule has 1 aromatic carbocycles. The summed E-state index contributed by atoms with van der Waals surface area (Å²) in [6.45, 7) is 3.47. The largest absolute Gasteiger partial charge is 0.299 e. The van der Waals surface area contributed by atoms with E-state index in [1.165, 1.54) is 6.92 Å². The molecule has 0 aliphatic heterocycles. The van der Waals surface area contributed by atoms with Gasteiger partial charge in [0.25, 0.3) is 10.2 Å². The third-order valence-electron chi connectivity index (χ3n) is 1.88. The molecule has 88 valence electrons. The minimum atomic E-state index is -3.50. The summed E-state index contributed by atoms with van der Waals surface area (Å²) in [6.07, 6.45) is 0. The first-order valence-electron chi connectivity index (χ1n) is 4.83. The van der Waals surface area contributed by atoms with Gasteiger partial charge >= 0.3 is 0 Å². The molecule has 0 atom stereocenters. The summed E-state index contributed by atoms with van der Waals surface area (Å²) in [7, 11) is -3.50. The van der Waals surface area contributed by atoms with E-state index in [9.17, 15) is 13.2 Å². The van der Waals surface area contributed by atoms with Crippen molar-refractivity contribution in [1.29, 1.82) is 0 Å². The van der Waals surface area contributed by atoms with Crippen molar-refractivity contribution in [2.75, 3.05) is 11.3 Å². The number of anilines is 1. The Morgan fingerprint density at radius 2 is 1.81 bits per heavy atom. The van der Waals surface area contributed by atoms with Crippen LogP contribution < -0.4 is 9.44 Å². The molecular weight excluding hydrogens is 228 g/mol. The van der Waals surface area contributed by atoms with E-state index in [1.54, 1.807) is 31.2 Å². The molecule has 0 fully saturated rings. The molecule has 1 aromatic rings. The number of carbonyl (C=O) groups is 1. The van der Waals surface area contributed by atoms with Crippen LogP contribution >= 0.6 is 0 Å². The summed E-state index contributed by atoms with van der Waals surface area (Å²) in [6, 6.07) is 6.25. The first-order valence-corrected chi connectivity index (χ1v) is 6.31. The second kappa shape index (κ2) is 5.09. The van der Waals surface area contributed by atoms with Crippen LogP contribution in [-0.4, -0.2) is 20.7 Å². The monoisotopic (exact) mass is 242 g/mol. The van der Waals surface area contributed by atoms with Gasteiger partial charge in [-0.25, -0.2) is 0 Å². The number of hydrogen-bond acceptors (Lipinski definition) is 3. The van der Waals surface area contributed by atoms with E-state index in [0.717, 1.165) is 0 Å². The predicted molar refractivity (Wildman–Crippen MR) is 62.7 cm³/mol. The van der Waals surface area contributed by atoms with Gasteiger partial charge < -0.3 is 0 Å². The van der Waals surface area contributed by atoms with Gasteiger partial charge in [0, 0.05) is 17.8 Å². The molecular formula is C10H14N2O3S. The topological polar surface area (TPSA) is 75.3 Å². The second-order valence-corrected chi connectivity index (χ2v) is 4.74. The Bertz CT molecular complexity index is 465. The molecule has 0 aliphatic carbocycles. The number of Topliss-reactive ketones (excluding diaryl/α,β-unsaturated/α-hetero) is 1. The summed E-state index contributed by atoms with van der Waals surface area (Å²) in [5.41, 5.74) is 0.970. The first-order chi connectivity index (χ1) is 7.44. The van der Waals surface area contributed by atoms with Gasteiger partial charge in [-0.15, -0.1) is 0 Å². The van der Waals surface area contributed by atoms with Crippen molar-refractivity contribution in [2.45, 2.75) is 13.8 Å². The van der Waals surface area contributed by atoms with E-state index in [-0.39, 0.29) is 5.78 Å². The minimum Gasteiger partial charge on any atom is -0.295 e. The van der Waals surface area contributed by atoms with E-state index in [0.29, 0.717) is 17.8 Å². The molecule has 2 N–H and O–H groups in total. The highest BCUT2D eigenvalue weighted by Crippen LogP contribution is 2.10. The maximum absolute atomic E-state index is 11.3. The number of benzene rings is 1. The van der Waals surface area contributed by atoms with Gasteiger partial charge in [0.2, 0.25) is 0 Å². The van der Waals surface area contributed by atoms with Crippen LogP contribution in [0.5, 0.6) is 0 Å². The lowest BCUT2D eigenvalue weighted by molar-refractivity contribution is 0.101. The van der Waals surface area contributed by atoms with E-state index >= 15 is 0 Å². The van der Waals surface area contributed by atoms with Crippen LogP contribution in [0.25, 0.3) is 0 Å². The summed E-state index contributed by atoms with van der Waals surface area (Å²) in [5.74, 6) is -0.0545. The zero-order chi connectivity index (χ0) is 12.2. The number of ketones is 1. The van der Waals surface area contributed by atoms with Crippen molar-refractivity contribution in [3.05, 3.63) is 29.8 Å². The van der Waals surface area contributed by atoms with Gasteiger partial charge in [0.05, 0.1) is 0 Å². The minimum absolute atomic E-state index is 0.0545. The molecule has 5 nitrogen and oxygen atoms in total. The number of carbonyl (C=O) groups excluding carboxylic acids is 1. The lowest BCUT2D eigenvalue weighted by atomic mass is 10.1. The molecule has 1 rings (SSSR count). The van der Waals surface area contributed by atoms with E-state index in [1.807, 2.05) is 0 Å². The standard InChI is InChI=1S/C10H14N2O3S/c1-3-11-16(14,15)12-10-6-4-9(5-7-10)8(2)13/h4-7,11-12H,3H2,1-2H3. The van der Waals surface area contributed by atoms with Crippen LogP contribution in [0.15, 0.2) is 24.3 Å². The van der Waals surface area contributed by atoms with Crippen molar-refractivity contribution >= 4 is 21.7 Å². The average molecular weight is 242 g/mol. The SMILES string of the molecule is CCNS(=O)(=O)Nc1ccc(C(C)=O)cc1. The third-order valence-corrected chi connectivity index (χ3v) is 3.05. The second-order valence-electron chi connectivity index (χ2n) is 3.24. The summed E-state index contributed by atoms with van der Waals surface area (Å²) in [5, 5.41) is 0. The fourth-order valence-corrected chi connectivity index (χ4v) is 2.05. The lowest BCUT2D eigenvalue weighted by Crippen LogP contribution is -2.29. The molecule has 0 saturated carbocycles. The molecule has 0 radical (unpaired) electrons. The molecule has 6 heteroatoms. The van der Waals surface area contributed by atoms with Gasteiger partial charge in [0.1, 0.15) is 0 Å². The van der Waals surface area contributed by atoms with Crippen LogP contribution in [0.3, 0.4) is 0 Å². The summed E-state index contributed by atoms with van der Waals surface area (Å²) < 4.78 is 27.3. The molecule has 0 aliphatic rings. The molecule has 0 saturated heterocycles. The van der Waals surface area contributed by atoms with E-state index in [4.69, 9.17) is 0 Å². The average Bonchev–Trinajstić information content (AvgIpc) is 2.17. The van der Waals surface area contributed by atoms with E-state index in [2.05, 4.69) is 9.44 Å². The molecule has 0 bridgehead atoms. The normalized spacial score (nSPS) is 11.1.